The van der Waals surface area contributed by atoms with Crippen LogP contribution in [-0.2, 0) is 0 Å². The lowest BCUT2D eigenvalue weighted by atomic mass is 10.2. The van der Waals surface area contributed by atoms with Gasteiger partial charge in [-0.25, -0.2) is 0 Å². The number of allylic oxidation sites excluding steroid dienone is 1. The molecule has 0 radical (unpaired) electrons. The van der Waals surface area contributed by atoms with Crippen molar-refractivity contribution in [2.24, 2.45) is 0 Å². The lowest BCUT2D eigenvalue weighted by Crippen LogP contribution is -1.95. The lowest BCUT2D eigenvalue weighted by molar-refractivity contribution is 0.358. The van der Waals surface area contributed by atoms with Crippen LogP contribution in [0.3, 0.4) is 0 Å². The quantitative estimate of drug-likeness (QED) is 0.603. The van der Waals surface area contributed by atoms with Crippen molar-refractivity contribution >= 4 is 37.9 Å². The number of hydrogen-bond donors (Lipinski definition) is 0. The Kier molecular flexibility index (Phi) is 5.30. The molecule has 0 spiro atoms. The molecular weight excluding hydrogens is 334 g/mol. The fraction of sp³-hybridized carbons (Fsp3) is 0.0833. The SMILES string of the molecule is C=CCOc1c(Br)cc(C=CC#N)cc1Br. The van der Waals surface area contributed by atoms with Crippen molar-refractivity contribution in [2.75, 3.05) is 6.61 Å². The zero-order valence-electron chi connectivity index (χ0n) is 8.41. The van der Waals surface area contributed by atoms with Gasteiger partial charge in [0.2, 0.25) is 0 Å². The largest absolute Gasteiger partial charge is 0.487 e. The highest BCUT2D eigenvalue weighted by atomic mass is 79.9. The van der Waals surface area contributed by atoms with Gasteiger partial charge in [-0.15, -0.1) is 0 Å². The van der Waals surface area contributed by atoms with Crippen molar-refractivity contribution in [3.63, 3.8) is 0 Å². The summed E-state index contributed by atoms with van der Waals surface area (Å²) < 4.78 is 7.14. The van der Waals surface area contributed by atoms with E-state index in [0.29, 0.717) is 6.61 Å². The van der Waals surface area contributed by atoms with Gasteiger partial charge in [-0.3, -0.25) is 0 Å². The Hall–Kier alpha value is -1.05. The first-order valence-corrected chi connectivity index (χ1v) is 6.06. The van der Waals surface area contributed by atoms with E-state index in [1.165, 1.54) is 6.08 Å². The molecule has 1 rings (SSSR count). The average Bonchev–Trinajstić information content (AvgIpc) is 2.25. The van der Waals surface area contributed by atoms with E-state index in [0.717, 1.165) is 20.3 Å². The maximum atomic E-state index is 8.44. The van der Waals surface area contributed by atoms with E-state index in [2.05, 4.69) is 38.4 Å². The number of ether oxygens (including phenoxy) is 1. The first-order valence-electron chi connectivity index (χ1n) is 4.48. The van der Waals surface area contributed by atoms with Crippen LogP contribution in [0.15, 0.2) is 39.8 Å². The second-order valence-corrected chi connectivity index (χ2v) is 4.58. The highest BCUT2D eigenvalue weighted by molar-refractivity contribution is 9.11. The molecule has 0 saturated heterocycles. The first-order chi connectivity index (χ1) is 7.69. The molecule has 16 heavy (non-hydrogen) atoms. The lowest BCUT2D eigenvalue weighted by Gasteiger charge is -2.09. The Morgan fingerprint density at radius 2 is 2.00 bits per heavy atom. The molecule has 4 heteroatoms. The highest BCUT2D eigenvalue weighted by Crippen LogP contribution is 2.35. The molecule has 0 N–H and O–H groups in total. The molecule has 0 amide bonds. The molecule has 0 saturated carbocycles. The number of benzene rings is 1. The van der Waals surface area contributed by atoms with Crippen molar-refractivity contribution in [1.82, 2.24) is 0 Å². The average molecular weight is 343 g/mol. The van der Waals surface area contributed by atoms with E-state index in [9.17, 15) is 0 Å². The number of nitrogens with zero attached hydrogens (tertiary/aromatic N) is 1. The minimum Gasteiger partial charge on any atom is -0.487 e. The fourth-order valence-corrected chi connectivity index (χ4v) is 2.54. The number of rotatable bonds is 4. The summed E-state index contributed by atoms with van der Waals surface area (Å²) >= 11 is 6.83. The Morgan fingerprint density at radius 3 is 2.50 bits per heavy atom. The number of nitriles is 1. The smallest absolute Gasteiger partial charge is 0.148 e. The minimum atomic E-state index is 0.449. The Balaban J connectivity index is 3.03. The topological polar surface area (TPSA) is 33.0 Å². The molecule has 0 fully saturated rings. The van der Waals surface area contributed by atoms with Crippen LogP contribution in [0.1, 0.15) is 5.56 Å². The van der Waals surface area contributed by atoms with Crippen LogP contribution in [0.4, 0.5) is 0 Å². The third-order valence-corrected chi connectivity index (χ3v) is 2.89. The third-order valence-electron chi connectivity index (χ3n) is 1.72. The normalized spacial score (nSPS) is 10.1. The molecule has 82 valence electrons. The Morgan fingerprint density at radius 1 is 1.38 bits per heavy atom. The second kappa shape index (κ2) is 6.51. The van der Waals surface area contributed by atoms with Gasteiger partial charge in [-0.05, 0) is 55.6 Å². The summed E-state index contributed by atoms with van der Waals surface area (Å²) in [6, 6.07) is 5.72. The molecule has 0 atom stereocenters. The highest BCUT2D eigenvalue weighted by Gasteiger charge is 2.07. The van der Waals surface area contributed by atoms with Crippen molar-refractivity contribution in [1.29, 1.82) is 5.26 Å². The molecule has 0 aliphatic carbocycles. The molecule has 0 aromatic heterocycles. The van der Waals surface area contributed by atoms with Gasteiger partial charge in [-0.1, -0.05) is 12.7 Å². The predicted octanol–water partition coefficient (Wildman–Crippen LogP) is 4.31. The zero-order valence-corrected chi connectivity index (χ0v) is 11.6. The van der Waals surface area contributed by atoms with Gasteiger partial charge in [0.25, 0.3) is 0 Å². The molecule has 1 aromatic carbocycles. The molecule has 0 heterocycles. The summed E-state index contributed by atoms with van der Waals surface area (Å²) in [4.78, 5) is 0. The van der Waals surface area contributed by atoms with Crippen LogP contribution >= 0.6 is 31.9 Å². The van der Waals surface area contributed by atoms with Crippen LogP contribution in [0, 0.1) is 11.3 Å². The number of halogens is 2. The Labute approximate surface area is 111 Å². The van der Waals surface area contributed by atoms with E-state index in [1.54, 1.807) is 12.2 Å². The zero-order chi connectivity index (χ0) is 12.0. The summed E-state index contributed by atoms with van der Waals surface area (Å²) in [5, 5.41) is 8.44. The summed E-state index contributed by atoms with van der Waals surface area (Å²) in [7, 11) is 0. The molecule has 2 nitrogen and oxygen atoms in total. The standard InChI is InChI=1S/C12H9Br2NO/c1-2-6-16-12-10(13)7-9(4-3-5-15)8-11(12)14/h2-4,7-8H,1,6H2. The van der Waals surface area contributed by atoms with Crippen molar-refractivity contribution < 1.29 is 4.74 Å². The van der Waals surface area contributed by atoms with E-state index in [1.807, 2.05) is 18.2 Å². The van der Waals surface area contributed by atoms with E-state index in [4.69, 9.17) is 10.00 Å². The molecular formula is C12H9Br2NO. The molecule has 0 bridgehead atoms. The van der Waals surface area contributed by atoms with Crippen LogP contribution in [-0.4, -0.2) is 6.61 Å². The van der Waals surface area contributed by atoms with Gasteiger partial charge in [0.05, 0.1) is 15.0 Å². The van der Waals surface area contributed by atoms with Gasteiger partial charge >= 0.3 is 0 Å². The summed E-state index contributed by atoms with van der Waals surface area (Å²) in [5.41, 5.74) is 0.922. The van der Waals surface area contributed by atoms with E-state index in [-0.39, 0.29) is 0 Å². The second-order valence-electron chi connectivity index (χ2n) is 2.88. The van der Waals surface area contributed by atoms with Gasteiger partial charge in [0.15, 0.2) is 0 Å². The summed E-state index contributed by atoms with van der Waals surface area (Å²) in [6.45, 7) is 4.04. The maximum Gasteiger partial charge on any atom is 0.148 e. The van der Waals surface area contributed by atoms with Gasteiger partial charge in [0.1, 0.15) is 12.4 Å². The van der Waals surface area contributed by atoms with Crippen LogP contribution in [0.5, 0.6) is 5.75 Å². The van der Waals surface area contributed by atoms with Crippen molar-refractivity contribution in [3.05, 3.63) is 45.4 Å². The van der Waals surface area contributed by atoms with Gasteiger partial charge in [0, 0.05) is 6.08 Å². The summed E-state index contributed by atoms with van der Waals surface area (Å²) in [5.74, 6) is 0.731. The summed E-state index contributed by atoms with van der Waals surface area (Å²) in [6.07, 6.45) is 4.84. The fourth-order valence-electron chi connectivity index (χ4n) is 1.09. The minimum absolute atomic E-state index is 0.449. The van der Waals surface area contributed by atoms with E-state index >= 15 is 0 Å². The number of hydrogen-bond acceptors (Lipinski definition) is 2. The van der Waals surface area contributed by atoms with Crippen molar-refractivity contribution in [2.45, 2.75) is 0 Å². The molecule has 0 aliphatic rings. The van der Waals surface area contributed by atoms with Gasteiger partial charge < -0.3 is 4.74 Å². The molecule has 0 unspecified atom stereocenters. The monoisotopic (exact) mass is 341 g/mol. The maximum absolute atomic E-state index is 8.44. The molecule has 0 aliphatic heterocycles. The van der Waals surface area contributed by atoms with Crippen molar-refractivity contribution in [3.8, 4) is 11.8 Å². The van der Waals surface area contributed by atoms with Gasteiger partial charge in [-0.2, -0.15) is 5.26 Å². The predicted molar refractivity (Wildman–Crippen MR) is 72.2 cm³/mol. The first kappa shape index (κ1) is 13.0. The molecule has 1 aromatic rings. The van der Waals surface area contributed by atoms with Crippen LogP contribution in [0.25, 0.3) is 6.08 Å². The third kappa shape index (κ3) is 3.51. The van der Waals surface area contributed by atoms with E-state index < -0.39 is 0 Å². The van der Waals surface area contributed by atoms with Crippen LogP contribution < -0.4 is 4.74 Å². The Bertz CT molecular complexity index is 438. The van der Waals surface area contributed by atoms with Crippen LogP contribution in [0.2, 0.25) is 0 Å².